The van der Waals surface area contributed by atoms with Crippen molar-refractivity contribution in [2.24, 2.45) is 0 Å². The smallest absolute Gasteiger partial charge is 0.349 e. The maximum Gasteiger partial charge on any atom is 0.349 e. The summed E-state index contributed by atoms with van der Waals surface area (Å²) in [5, 5.41) is 9.29. The largest absolute Gasteiger partial charge is 0.497 e. The topological polar surface area (TPSA) is 90.5 Å². The van der Waals surface area contributed by atoms with Crippen molar-refractivity contribution >= 4 is 17.8 Å². The predicted molar refractivity (Wildman–Crippen MR) is 112 cm³/mol. The standard InChI is InChI=1S/C23H26N2O5/c1-15-10-21(17(3)25(15)16(2)13-28-4)22(26)14-30-23(27)19(12-24)11-18-6-8-20(29-5)9-7-18/h6-11,16H,13-14H2,1-5H3/b19-11+/t16-/m1/s1. The number of nitrogens with zero attached hydrogens (tertiary/aromatic N) is 2. The van der Waals surface area contributed by atoms with Crippen LogP contribution in [0.2, 0.25) is 0 Å². The van der Waals surface area contributed by atoms with Gasteiger partial charge in [0.1, 0.15) is 17.4 Å². The van der Waals surface area contributed by atoms with Gasteiger partial charge in [0, 0.05) is 24.1 Å². The van der Waals surface area contributed by atoms with Gasteiger partial charge in [-0.25, -0.2) is 4.79 Å². The molecular formula is C23H26N2O5. The van der Waals surface area contributed by atoms with E-state index in [1.807, 2.05) is 31.4 Å². The summed E-state index contributed by atoms with van der Waals surface area (Å²) in [5.74, 6) is -0.506. The van der Waals surface area contributed by atoms with Crippen LogP contribution in [0.3, 0.4) is 0 Å². The number of carbonyl (C=O) groups is 2. The number of rotatable bonds is 9. The molecule has 1 aromatic heterocycles. The van der Waals surface area contributed by atoms with Crippen molar-refractivity contribution in [3.8, 4) is 11.8 Å². The van der Waals surface area contributed by atoms with Crippen LogP contribution in [0.25, 0.3) is 6.08 Å². The van der Waals surface area contributed by atoms with Crippen molar-refractivity contribution in [3.05, 3.63) is 58.4 Å². The number of ketones is 1. The summed E-state index contributed by atoms with van der Waals surface area (Å²) in [7, 11) is 3.18. The first-order valence-corrected chi connectivity index (χ1v) is 9.45. The van der Waals surface area contributed by atoms with Crippen molar-refractivity contribution in [1.82, 2.24) is 4.57 Å². The molecule has 0 saturated heterocycles. The Labute approximate surface area is 176 Å². The zero-order valence-corrected chi connectivity index (χ0v) is 17.9. The fourth-order valence-electron chi connectivity index (χ4n) is 3.34. The first-order valence-electron chi connectivity index (χ1n) is 9.45. The highest BCUT2D eigenvalue weighted by molar-refractivity contribution is 6.02. The second-order valence-corrected chi connectivity index (χ2v) is 6.90. The van der Waals surface area contributed by atoms with Gasteiger partial charge in [-0.1, -0.05) is 12.1 Å². The summed E-state index contributed by atoms with van der Waals surface area (Å²) in [4.78, 5) is 24.9. The number of Topliss-reactive ketones (excluding diaryl/α,β-unsaturated/α-hetero) is 1. The average molecular weight is 410 g/mol. The summed E-state index contributed by atoms with van der Waals surface area (Å²) >= 11 is 0. The van der Waals surface area contributed by atoms with Gasteiger partial charge in [-0.15, -0.1) is 0 Å². The number of methoxy groups -OCH3 is 2. The first-order chi connectivity index (χ1) is 14.3. The molecule has 0 saturated carbocycles. The van der Waals surface area contributed by atoms with Gasteiger partial charge in [0.25, 0.3) is 0 Å². The lowest BCUT2D eigenvalue weighted by Gasteiger charge is -2.17. The van der Waals surface area contributed by atoms with Gasteiger partial charge in [-0.05, 0) is 50.6 Å². The van der Waals surface area contributed by atoms with Crippen LogP contribution in [0.15, 0.2) is 35.9 Å². The van der Waals surface area contributed by atoms with Gasteiger partial charge in [0.2, 0.25) is 5.78 Å². The van der Waals surface area contributed by atoms with Gasteiger partial charge in [-0.3, -0.25) is 4.79 Å². The number of hydrogen-bond donors (Lipinski definition) is 0. The summed E-state index contributed by atoms with van der Waals surface area (Å²) in [6, 6.07) is 10.5. The van der Waals surface area contributed by atoms with E-state index in [0.29, 0.717) is 23.5 Å². The second kappa shape index (κ2) is 10.4. The Balaban J connectivity index is 2.09. The molecule has 0 amide bonds. The normalized spacial score (nSPS) is 12.2. The highest BCUT2D eigenvalue weighted by Gasteiger charge is 2.20. The number of aromatic nitrogens is 1. The van der Waals surface area contributed by atoms with Crippen LogP contribution >= 0.6 is 0 Å². The number of hydrogen-bond acceptors (Lipinski definition) is 6. The SMILES string of the molecule is COC[C@@H](C)n1c(C)cc(C(=O)COC(=O)/C(C#N)=C/c2ccc(OC)cc2)c1C. The summed E-state index contributed by atoms with van der Waals surface area (Å²) in [5.41, 5.74) is 2.65. The molecule has 1 atom stereocenters. The second-order valence-electron chi connectivity index (χ2n) is 6.90. The van der Waals surface area contributed by atoms with Crippen LogP contribution in [-0.4, -0.2) is 43.8 Å². The molecule has 1 aromatic carbocycles. The average Bonchev–Trinajstić information content (AvgIpc) is 3.04. The third kappa shape index (κ3) is 5.37. The van der Waals surface area contributed by atoms with Crippen molar-refractivity contribution < 1.29 is 23.8 Å². The summed E-state index contributed by atoms with van der Waals surface area (Å²) in [6.07, 6.45) is 1.41. The van der Waals surface area contributed by atoms with E-state index in [1.54, 1.807) is 44.6 Å². The van der Waals surface area contributed by atoms with E-state index in [0.717, 1.165) is 11.4 Å². The fourth-order valence-corrected chi connectivity index (χ4v) is 3.34. The Hall–Kier alpha value is -3.37. The van der Waals surface area contributed by atoms with Crippen molar-refractivity contribution in [1.29, 1.82) is 5.26 Å². The lowest BCUT2D eigenvalue weighted by molar-refractivity contribution is -0.137. The van der Waals surface area contributed by atoms with Crippen LogP contribution in [0.4, 0.5) is 0 Å². The maximum atomic E-state index is 12.6. The van der Waals surface area contributed by atoms with Crippen LogP contribution in [0.1, 0.15) is 40.3 Å². The zero-order chi connectivity index (χ0) is 22.3. The van der Waals surface area contributed by atoms with Gasteiger partial charge in [-0.2, -0.15) is 5.26 Å². The molecule has 30 heavy (non-hydrogen) atoms. The van der Waals surface area contributed by atoms with Crippen LogP contribution in [0, 0.1) is 25.2 Å². The Morgan fingerprint density at radius 2 is 1.87 bits per heavy atom. The van der Waals surface area contributed by atoms with Gasteiger partial charge < -0.3 is 18.8 Å². The van der Waals surface area contributed by atoms with Gasteiger partial charge >= 0.3 is 5.97 Å². The number of nitriles is 1. The van der Waals surface area contributed by atoms with E-state index < -0.39 is 12.6 Å². The van der Waals surface area contributed by atoms with Crippen molar-refractivity contribution in [2.75, 3.05) is 27.4 Å². The summed E-state index contributed by atoms with van der Waals surface area (Å²) < 4.78 is 17.4. The van der Waals surface area contributed by atoms with Gasteiger partial charge in [0.05, 0.1) is 19.8 Å². The summed E-state index contributed by atoms with van der Waals surface area (Å²) in [6.45, 7) is 5.83. The number of benzene rings is 1. The molecule has 7 heteroatoms. The van der Waals surface area contributed by atoms with Crippen molar-refractivity contribution in [2.45, 2.75) is 26.8 Å². The number of ether oxygens (including phenoxy) is 3. The lowest BCUT2D eigenvalue weighted by Crippen LogP contribution is -2.17. The minimum absolute atomic E-state index is 0.0664. The molecule has 0 radical (unpaired) electrons. The Bertz CT molecular complexity index is 980. The molecule has 0 fully saturated rings. The molecule has 0 aliphatic rings. The third-order valence-corrected chi connectivity index (χ3v) is 4.73. The number of esters is 1. The van der Waals surface area contributed by atoms with E-state index in [-0.39, 0.29) is 17.4 Å². The van der Waals surface area contributed by atoms with E-state index in [9.17, 15) is 14.9 Å². The molecule has 7 nitrogen and oxygen atoms in total. The monoisotopic (exact) mass is 410 g/mol. The molecular weight excluding hydrogens is 384 g/mol. The highest BCUT2D eigenvalue weighted by atomic mass is 16.5. The minimum Gasteiger partial charge on any atom is -0.497 e. The minimum atomic E-state index is -0.844. The van der Waals surface area contributed by atoms with Gasteiger partial charge in [0.15, 0.2) is 6.61 Å². The third-order valence-electron chi connectivity index (χ3n) is 4.73. The molecule has 2 aromatic rings. The van der Waals surface area contributed by atoms with Crippen molar-refractivity contribution in [3.63, 3.8) is 0 Å². The van der Waals surface area contributed by atoms with E-state index >= 15 is 0 Å². The molecule has 1 heterocycles. The molecule has 0 aliphatic carbocycles. The van der Waals surface area contributed by atoms with Crippen LogP contribution < -0.4 is 4.74 Å². The molecule has 2 rings (SSSR count). The van der Waals surface area contributed by atoms with E-state index in [1.165, 1.54) is 6.08 Å². The van der Waals surface area contributed by atoms with Crippen LogP contribution in [0.5, 0.6) is 5.75 Å². The van der Waals surface area contributed by atoms with E-state index in [2.05, 4.69) is 0 Å². The molecule has 0 bridgehead atoms. The molecule has 0 N–H and O–H groups in total. The Morgan fingerprint density at radius 3 is 2.43 bits per heavy atom. The Kier molecular flexibility index (Phi) is 7.96. The highest BCUT2D eigenvalue weighted by Crippen LogP contribution is 2.21. The zero-order valence-electron chi connectivity index (χ0n) is 17.9. The quantitative estimate of drug-likeness (QED) is 0.271. The predicted octanol–water partition coefficient (Wildman–Crippen LogP) is 3.65. The number of aryl methyl sites for hydroxylation is 1. The lowest BCUT2D eigenvalue weighted by atomic mass is 10.1. The van der Waals surface area contributed by atoms with E-state index in [4.69, 9.17) is 14.2 Å². The maximum absolute atomic E-state index is 12.6. The molecule has 0 spiro atoms. The van der Waals surface area contributed by atoms with Crippen LogP contribution in [-0.2, 0) is 14.3 Å². The Morgan fingerprint density at radius 1 is 1.20 bits per heavy atom. The first kappa shape index (κ1) is 22.9. The fraction of sp³-hybridized carbons (Fsp3) is 0.348. The molecule has 0 unspecified atom stereocenters. The molecule has 158 valence electrons. The molecule has 0 aliphatic heterocycles. The number of carbonyl (C=O) groups excluding carboxylic acids is 2.